The predicted octanol–water partition coefficient (Wildman–Crippen LogP) is 1.81. The summed E-state index contributed by atoms with van der Waals surface area (Å²) in [6.45, 7) is 5.54. The van der Waals surface area contributed by atoms with Crippen molar-refractivity contribution in [1.82, 2.24) is 5.43 Å². The van der Waals surface area contributed by atoms with E-state index in [-0.39, 0.29) is 29.7 Å². The fourth-order valence-electron chi connectivity index (χ4n) is 2.29. The summed E-state index contributed by atoms with van der Waals surface area (Å²) < 4.78 is 0. The van der Waals surface area contributed by atoms with Crippen LogP contribution in [0.5, 0.6) is 0 Å². The van der Waals surface area contributed by atoms with Crippen LogP contribution < -0.4 is 10.4 Å². The van der Waals surface area contributed by atoms with Crippen molar-refractivity contribution in [3.63, 3.8) is 0 Å². The van der Waals surface area contributed by atoms with E-state index >= 15 is 0 Å². The summed E-state index contributed by atoms with van der Waals surface area (Å²) in [6, 6.07) is 5.94. The molecule has 1 unspecified atom stereocenters. The zero-order valence-corrected chi connectivity index (χ0v) is 12.2. The number of aromatic carboxylic acids is 1. The van der Waals surface area contributed by atoms with Gasteiger partial charge in [0.15, 0.2) is 0 Å². The minimum Gasteiger partial charge on any atom is -0.478 e. The van der Waals surface area contributed by atoms with Gasteiger partial charge >= 0.3 is 5.97 Å². The molecule has 6 nitrogen and oxygen atoms in total. The average molecular weight is 290 g/mol. The van der Waals surface area contributed by atoms with E-state index in [2.05, 4.69) is 5.43 Å². The molecule has 0 saturated carbocycles. The van der Waals surface area contributed by atoms with Crippen LogP contribution in [0.1, 0.15) is 37.6 Å². The third kappa shape index (κ3) is 2.61. The summed E-state index contributed by atoms with van der Waals surface area (Å²) in [5.41, 5.74) is 2.12. The van der Waals surface area contributed by atoms with Gasteiger partial charge in [-0.2, -0.15) is 0 Å². The zero-order chi connectivity index (χ0) is 15.8. The average Bonchev–Trinajstić information content (AvgIpc) is 2.42. The molecule has 21 heavy (non-hydrogen) atoms. The lowest BCUT2D eigenvalue weighted by molar-refractivity contribution is -0.142. The summed E-state index contributed by atoms with van der Waals surface area (Å²) in [7, 11) is 0. The van der Waals surface area contributed by atoms with E-state index in [4.69, 9.17) is 5.11 Å². The van der Waals surface area contributed by atoms with Gasteiger partial charge in [0, 0.05) is 6.42 Å². The SMILES string of the molecule is CC(C)C1(C)CC(=O)NN(c2cccc(C(=O)O)c2)C1=O. The van der Waals surface area contributed by atoms with Crippen molar-refractivity contribution in [3.05, 3.63) is 29.8 Å². The fraction of sp³-hybridized carbons (Fsp3) is 0.400. The molecule has 112 valence electrons. The number of nitrogens with one attached hydrogen (secondary N) is 1. The molecule has 2 N–H and O–H groups in total. The summed E-state index contributed by atoms with van der Waals surface area (Å²) in [5.74, 6) is -1.59. The molecule has 0 aromatic heterocycles. The minimum atomic E-state index is -1.08. The van der Waals surface area contributed by atoms with Gasteiger partial charge in [-0.3, -0.25) is 15.0 Å². The number of hydrazine groups is 1. The maximum Gasteiger partial charge on any atom is 0.335 e. The number of carboxylic acids is 1. The van der Waals surface area contributed by atoms with Gasteiger partial charge in [0.2, 0.25) is 5.91 Å². The van der Waals surface area contributed by atoms with Crippen molar-refractivity contribution in [1.29, 1.82) is 0 Å². The van der Waals surface area contributed by atoms with Crippen LogP contribution in [-0.2, 0) is 9.59 Å². The van der Waals surface area contributed by atoms with Crippen molar-refractivity contribution in [2.75, 3.05) is 5.01 Å². The molecule has 1 saturated heterocycles. The Kier molecular flexibility index (Phi) is 3.72. The highest BCUT2D eigenvalue weighted by atomic mass is 16.4. The van der Waals surface area contributed by atoms with Crippen LogP contribution in [0.2, 0.25) is 0 Å². The molecule has 0 spiro atoms. The normalized spacial score (nSPS) is 22.4. The van der Waals surface area contributed by atoms with Crippen molar-refractivity contribution in [2.24, 2.45) is 11.3 Å². The van der Waals surface area contributed by atoms with E-state index in [0.29, 0.717) is 5.69 Å². The molecule has 0 aliphatic carbocycles. The molecule has 1 aliphatic rings. The van der Waals surface area contributed by atoms with Crippen LogP contribution in [0.4, 0.5) is 5.69 Å². The van der Waals surface area contributed by atoms with Crippen molar-refractivity contribution >= 4 is 23.5 Å². The quantitative estimate of drug-likeness (QED) is 0.889. The third-order valence-corrected chi connectivity index (χ3v) is 4.08. The van der Waals surface area contributed by atoms with E-state index < -0.39 is 11.4 Å². The van der Waals surface area contributed by atoms with Gasteiger partial charge in [-0.15, -0.1) is 0 Å². The number of hydrogen-bond acceptors (Lipinski definition) is 3. The molecule has 6 heteroatoms. The van der Waals surface area contributed by atoms with Gasteiger partial charge in [-0.25, -0.2) is 9.80 Å². The summed E-state index contributed by atoms with van der Waals surface area (Å²) in [4.78, 5) is 35.6. The van der Waals surface area contributed by atoms with Crippen LogP contribution in [0.3, 0.4) is 0 Å². The van der Waals surface area contributed by atoms with Crippen molar-refractivity contribution in [3.8, 4) is 0 Å². The predicted molar refractivity (Wildman–Crippen MR) is 76.6 cm³/mol. The molecule has 1 atom stereocenters. The number of anilines is 1. The fourth-order valence-corrected chi connectivity index (χ4v) is 2.29. The highest BCUT2D eigenvalue weighted by Crippen LogP contribution is 2.37. The molecule has 1 aromatic rings. The van der Waals surface area contributed by atoms with Gasteiger partial charge < -0.3 is 5.11 Å². The smallest absolute Gasteiger partial charge is 0.335 e. The molecule has 0 radical (unpaired) electrons. The topological polar surface area (TPSA) is 86.7 Å². The lowest BCUT2D eigenvalue weighted by atomic mass is 9.74. The second kappa shape index (κ2) is 5.20. The number of carboxylic acid groups (broad SMARTS) is 1. The number of amides is 2. The first kappa shape index (κ1) is 15.0. The van der Waals surface area contributed by atoms with Gasteiger partial charge in [0.1, 0.15) is 0 Å². The summed E-state index contributed by atoms with van der Waals surface area (Å²) in [6.07, 6.45) is 0.124. The van der Waals surface area contributed by atoms with Gasteiger partial charge in [0.25, 0.3) is 5.91 Å². The Balaban J connectivity index is 2.43. The van der Waals surface area contributed by atoms with Gasteiger partial charge in [0.05, 0.1) is 16.7 Å². The van der Waals surface area contributed by atoms with E-state index in [1.165, 1.54) is 12.1 Å². The molecule has 1 fully saturated rings. The zero-order valence-electron chi connectivity index (χ0n) is 12.2. The number of nitrogens with zero attached hydrogens (tertiary/aromatic N) is 1. The third-order valence-electron chi connectivity index (χ3n) is 4.08. The van der Waals surface area contributed by atoms with Crippen LogP contribution in [-0.4, -0.2) is 22.9 Å². The van der Waals surface area contributed by atoms with E-state index in [9.17, 15) is 14.4 Å². The molecular formula is C15H18N2O4. The van der Waals surface area contributed by atoms with E-state index in [1.807, 2.05) is 13.8 Å². The standard InChI is InChI=1S/C15H18N2O4/c1-9(2)15(3)8-12(18)16-17(14(15)21)11-6-4-5-10(7-11)13(19)20/h4-7,9H,8H2,1-3H3,(H,16,18)(H,19,20). The maximum absolute atomic E-state index is 12.7. The Morgan fingerprint density at radius 1 is 1.38 bits per heavy atom. The number of benzene rings is 1. The number of carbonyl (C=O) groups is 3. The highest BCUT2D eigenvalue weighted by molar-refractivity contribution is 6.05. The molecule has 0 bridgehead atoms. The second-order valence-electron chi connectivity index (χ2n) is 5.78. The molecule has 1 aliphatic heterocycles. The largest absolute Gasteiger partial charge is 0.478 e. The molecule has 1 heterocycles. The lowest BCUT2D eigenvalue weighted by Crippen LogP contribution is -2.60. The minimum absolute atomic E-state index is 0.0128. The summed E-state index contributed by atoms with van der Waals surface area (Å²) in [5, 5.41) is 10.2. The monoisotopic (exact) mass is 290 g/mol. The summed E-state index contributed by atoms with van der Waals surface area (Å²) >= 11 is 0. The van der Waals surface area contributed by atoms with Gasteiger partial charge in [-0.1, -0.05) is 19.9 Å². The number of rotatable bonds is 3. The number of carbonyl (C=O) groups excluding carboxylic acids is 2. The van der Waals surface area contributed by atoms with Crippen LogP contribution in [0.25, 0.3) is 0 Å². The van der Waals surface area contributed by atoms with Crippen molar-refractivity contribution in [2.45, 2.75) is 27.2 Å². The van der Waals surface area contributed by atoms with E-state index in [1.54, 1.807) is 19.1 Å². The van der Waals surface area contributed by atoms with Gasteiger partial charge in [-0.05, 0) is 31.0 Å². The first-order valence-corrected chi connectivity index (χ1v) is 6.73. The Morgan fingerprint density at radius 3 is 2.62 bits per heavy atom. The second-order valence-corrected chi connectivity index (χ2v) is 5.78. The van der Waals surface area contributed by atoms with E-state index in [0.717, 1.165) is 5.01 Å². The maximum atomic E-state index is 12.7. The first-order chi connectivity index (χ1) is 9.75. The molecule has 2 rings (SSSR count). The Hall–Kier alpha value is -2.37. The molecule has 1 aromatic carbocycles. The Morgan fingerprint density at radius 2 is 2.05 bits per heavy atom. The van der Waals surface area contributed by atoms with Crippen LogP contribution in [0.15, 0.2) is 24.3 Å². The molecule has 2 amide bonds. The first-order valence-electron chi connectivity index (χ1n) is 6.73. The number of hydrogen-bond donors (Lipinski definition) is 2. The van der Waals surface area contributed by atoms with Crippen LogP contribution >= 0.6 is 0 Å². The lowest BCUT2D eigenvalue weighted by Gasteiger charge is -2.41. The molecular weight excluding hydrogens is 272 g/mol. The highest BCUT2D eigenvalue weighted by Gasteiger charge is 2.46. The Labute approximate surface area is 122 Å². The van der Waals surface area contributed by atoms with Crippen LogP contribution in [0, 0.1) is 11.3 Å². The Bertz CT molecular complexity index is 611. The van der Waals surface area contributed by atoms with Crippen molar-refractivity contribution < 1.29 is 19.5 Å².